The summed E-state index contributed by atoms with van der Waals surface area (Å²) < 4.78 is 7.46. The van der Waals surface area contributed by atoms with Crippen molar-refractivity contribution in [2.75, 3.05) is 7.05 Å². The molecule has 0 amide bonds. The first kappa shape index (κ1) is 15.5. The Bertz CT molecular complexity index is 540. The van der Waals surface area contributed by atoms with Gasteiger partial charge in [0.25, 0.3) is 0 Å². The molecule has 3 rings (SSSR count). The van der Waals surface area contributed by atoms with Gasteiger partial charge in [-0.2, -0.15) is 0 Å². The van der Waals surface area contributed by atoms with E-state index in [1.807, 2.05) is 13.8 Å². The zero-order valence-corrected chi connectivity index (χ0v) is 14.4. The molecule has 1 atom stereocenters. The maximum absolute atomic E-state index is 3.67. The molecule has 1 aliphatic carbocycles. The molecule has 1 unspecified atom stereocenters. The summed E-state index contributed by atoms with van der Waals surface area (Å²) in [6.45, 7) is 11.2. The second-order valence-electron chi connectivity index (χ2n) is 5.93. The van der Waals surface area contributed by atoms with Gasteiger partial charge in [-0.05, 0) is 13.8 Å². The van der Waals surface area contributed by atoms with Crippen LogP contribution in [0.2, 0.25) is 9.45 Å². The van der Waals surface area contributed by atoms with Crippen molar-refractivity contribution in [3.8, 4) is 0 Å². The van der Waals surface area contributed by atoms with Gasteiger partial charge >= 0.3 is 88.9 Å². The third kappa shape index (κ3) is 3.23. The van der Waals surface area contributed by atoms with Gasteiger partial charge in [0.15, 0.2) is 0 Å². The Morgan fingerprint density at radius 3 is 2.25 bits per heavy atom. The van der Waals surface area contributed by atoms with Crippen molar-refractivity contribution in [2.24, 2.45) is 0 Å². The fraction of sp³-hybridized carbons (Fsp3) is 0.333. The van der Waals surface area contributed by atoms with E-state index < -0.39 is 16.8 Å². The monoisotopic (exact) mass is 303 g/mol. The van der Waals surface area contributed by atoms with E-state index in [1.165, 1.54) is 15.0 Å². The molecule has 1 heterocycles. The third-order valence-electron chi connectivity index (χ3n) is 4.41. The molecule has 1 aromatic rings. The Labute approximate surface area is 127 Å². The number of nitrogens with one attached hydrogen (secondary N) is 1. The Hall–Kier alpha value is -0.886. The summed E-state index contributed by atoms with van der Waals surface area (Å²) in [5, 5.41) is 0. The predicted octanol–water partition coefficient (Wildman–Crippen LogP) is 5.03. The molecule has 0 aromatic heterocycles. The summed E-state index contributed by atoms with van der Waals surface area (Å²) in [5.74, 6) is 0. The van der Waals surface area contributed by atoms with Crippen LogP contribution in [0.4, 0.5) is 0 Å². The van der Waals surface area contributed by atoms with E-state index in [1.54, 1.807) is 5.56 Å². The topological polar surface area (TPSA) is 12.0 Å². The average molecular weight is 303 g/mol. The van der Waals surface area contributed by atoms with E-state index >= 15 is 0 Å². The van der Waals surface area contributed by atoms with Crippen LogP contribution >= 0.6 is 0 Å². The molecule has 1 aromatic carbocycles. The Kier molecular flexibility index (Phi) is 4.85. The molecule has 0 bridgehead atoms. The molecule has 2 heteroatoms. The van der Waals surface area contributed by atoms with Crippen LogP contribution in [0.1, 0.15) is 29.2 Å². The fourth-order valence-electron chi connectivity index (χ4n) is 2.58. The molecule has 1 N–H and O–H groups in total. The molecule has 1 nitrogen and oxygen atoms in total. The molecule has 1 aliphatic heterocycles. The normalized spacial score (nSPS) is 20.6. The summed E-state index contributed by atoms with van der Waals surface area (Å²) in [4.78, 5) is 0. The average Bonchev–Trinajstić information content (AvgIpc) is 3.11. The Morgan fingerprint density at radius 1 is 1.15 bits per heavy atom. The van der Waals surface area contributed by atoms with Gasteiger partial charge in [0.2, 0.25) is 0 Å². The maximum atomic E-state index is 3.67. The number of hydrogen-bond donors (Lipinski definition) is 1. The van der Waals surface area contributed by atoms with E-state index in [0.29, 0.717) is 0 Å². The van der Waals surface area contributed by atoms with Crippen molar-refractivity contribution in [1.29, 1.82) is 0 Å². The van der Waals surface area contributed by atoms with Crippen molar-refractivity contribution in [1.82, 2.24) is 3.80 Å². The van der Waals surface area contributed by atoms with Gasteiger partial charge < -0.3 is 0 Å². The number of fused-ring (bicyclic) bond motifs is 1. The number of allylic oxidation sites excluding steroid dienone is 3. The molecule has 0 saturated carbocycles. The van der Waals surface area contributed by atoms with Crippen LogP contribution in [-0.2, 0) is 16.8 Å². The molecule has 20 heavy (non-hydrogen) atoms. The predicted molar refractivity (Wildman–Crippen MR) is 86.5 cm³/mol. The van der Waals surface area contributed by atoms with Crippen molar-refractivity contribution in [2.45, 2.75) is 27.5 Å². The van der Waals surface area contributed by atoms with Crippen molar-refractivity contribution >= 4 is 6.08 Å². The van der Waals surface area contributed by atoms with Crippen molar-refractivity contribution in [3.05, 3.63) is 65.8 Å². The second-order valence-corrected chi connectivity index (χ2v) is 12.9. The molecule has 0 radical (unpaired) electrons. The SMILES string of the molecule is C=C(C)C(=C)C.C[NH][Ti]1([CH]2C=Cc3ccccc32)[CH2][CH2]1. The van der Waals surface area contributed by atoms with Crippen LogP contribution in [0.25, 0.3) is 6.08 Å². The van der Waals surface area contributed by atoms with Crippen LogP contribution < -0.4 is 3.80 Å². The summed E-state index contributed by atoms with van der Waals surface area (Å²) in [7, 11) is 2.17. The first-order valence-corrected chi connectivity index (χ1v) is 11.2. The molecular formula is C18H25NTi. The first-order valence-electron chi connectivity index (χ1n) is 7.27. The van der Waals surface area contributed by atoms with E-state index in [2.05, 4.69) is 60.4 Å². The summed E-state index contributed by atoms with van der Waals surface area (Å²) in [5.41, 5.74) is 5.16. The molecular weight excluding hydrogens is 278 g/mol. The van der Waals surface area contributed by atoms with Crippen molar-refractivity contribution in [3.63, 3.8) is 0 Å². The number of benzene rings is 1. The summed E-state index contributed by atoms with van der Waals surface area (Å²) in [6, 6.07) is 8.85. The first-order chi connectivity index (χ1) is 9.50. The molecule has 1 fully saturated rings. The molecule has 1 saturated heterocycles. The van der Waals surface area contributed by atoms with Crippen LogP contribution in [0.3, 0.4) is 0 Å². The number of hydrogen-bond acceptors (Lipinski definition) is 1. The van der Waals surface area contributed by atoms with Crippen LogP contribution in [0.15, 0.2) is 54.6 Å². The molecule has 2 aliphatic rings. The van der Waals surface area contributed by atoms with Gasteiger partial charge in [0, 0.05) is 0 Å². The molecule has 0 spiro atoms. The van der Waals surface area contributed by atoms with Crippen LogP contribution in [0.5, 0.6) is 0 Å². The van der Waals surface area contributed by atoms with Gasteiger partial charge in [0.05, 0.1) is 0 Å². The fourth-order valence-corrected chi connectivity index (χ4v) is 9.04. The zero-order chi connectivity index (χ0) is 14.8. The quantitative estimate of drug-likeness (QED) is 0.610. The number of rotatable bonds is 3. The Morgan fingerprint density at radius 2 is 1.75 bits per heavy atom. The minimum atomic E-state index is -1.59. The Balaban J connectivity index is 0.000000212. The van der Waals surface area contributed by atoms with E-state index in [9.17, 15) is 0 Å². The van der Waals surface area contributed by atoms with E-state index in [-0.39, 0.29) is 0 Å². The summed E-state index contributed by atoms with van der Waals surface area (Å²) in [6.07, 6.45) is 4.75. The van der Waals surface area contributed by atoms with Crippen LogP contribution in [0, 0.1) is 0 Å². The van der Waals surface area contributed by atoms with E-state index in [4.69, 9.17) is 0 Å². The van der Waals surface area contributed by atoms with Crippen LogP contribution in [-0.4, -0.2) is 7.05 Å². The standard InChI is InChI=1S/C9H7.C6H10.C2H4.CH4N.Ti/c1-2-5-9-7-3-6-8(9)4-1;1-5(2)6(3)4;2*1-2;/h1-7H;1,3H2,2,4H3;1-2H2;2H,1H3;/q;;;-1;+1. The zero-order valence-electron chi connectivity index (χ0n) is 12.9. The van der Waals surface area contributed by atoms with Crippen molar-refractivity contribution < 1.29 is 16.8 Å². The van der Waals surface area contributed by atoms with Gasteiger partial charge in [-0.3, -0.25) is 0 Å². The minimum absolute atomic E-state index is 0.788. The second kappa shape index (κ2) is 6.26. The van der Waals surface area contributed by atoms with E-state index in [0.717, 1.165) is 15.4 Å². The van der Waals surface area contributed by atoms with Gasteiger partial charge in [-0.15, -0.1) is 0 Å². The van der Waals surface area contributed by atoms with Gasteiger partial charge in [0.1, 0.15) is 0 Å². The summed E-state index contributed by atoms with van der Waals surface area (Å²) >= 11 is -1.59. The third-order valence-corrected chi connectivity index (χ3v) is 11.1. The van der Waals surface area contributed by atoms with Gasteiger partial charge in [-0.25, -0.2) is 0 Å². The van der Waals surface area contributed by atoms with Gasteiger partial charge in [-0.1, -0.05) is 24.3 Å². The molecule has 106 valence electrons.